The molecule has 0 radical (unpaired) electrons. The van der Waals surface area contributed by atoms with E-state index in [-0.39, 0.29) is 11.7 Å². The van der Waals surface area contributed by atoms with E-state index in [0.29, 0.717) is 6.54 Å². The minimum Gasteiger partial charge on any atom is -0.369 e. The first-order valence-corrected chi connectivity index (χ1v) is 9.96. The number of carbonyl (C=O) groups excluding carboxylic acids is 1. The normalized spacial score (nSPS) is 17.7. The van der Waals surface area contributed by atoms with E-state index in [2.05, 4.69) is 15.9 Å². The van der Waals surface area contributed by atoms with E-state index < -0.39 is 0 Å². The monoisotopic (exact) mass is 382 g/mol. The van der Waals surface area contributed by atoms with Crippen molar-refractivity contribution in [1.29, 1.82) is 0 Å². The van der Waals surface area contributed by atoms with Gasteiger partial charge in [0.2, 0.25) is 0 Å². The molecule has 3 heterocycles. The molecule has 1 aromatic heterocycles. The highest BCUT2D eigenvalue weighted by Gasteiger charge is 2.22. The van der Waals surface area contributed by atoms with Gasteiger partial charge in [-0.25, -0.2) is 4.39 Å². The number of carbonyl (C=O) groups is 1. The smallest absolute Gasteiger partial charge is 0.256 e. The lowest BCUT2D eigenvalue weighted by molar-refractivity contribution is 0.0768. The van der Waals surface area contributed by atoms with E-state index in [1.54, 1.807) is 12.1 Å². The van der Waals surface area contributed by atoms with Crippen LogP contribution in [0.3, 0.4) is 0 Å². The second kappa shape index (κ2) is 8.19. The number of rotatable bonds is 5. The maximum absolute atomic E-state index is 13.4. The average Bonchev–Trinajstić information content (AvgIpc) is 2.99. The van der Waals surface area contributed by atoms with Crippen LogP contribution in [0.1, 0.15) is 22.5 Å². The maximum atomic E-state index is 13.4. The van der Waals surface area contributed by atoms with Crippen molar-refractivity contribution in [3.8, 4) is 0 Å². The summed E-state index contributed by atoms with van der Waals surface area (Å²) in [6.07, 6.45) is 7.01. The van der Waals surface area contributed by atoms with Crippen LogP contribution < -0.4 is 4.90 Å². The van der Waals surface area contributed by atoms with Crippen LogP contribution in [-0.4, -0.2) is 66.1 Å². The summed E-state index contributed by atoms with van der Waals surface area (Å²) in [4.78, 5) is 19.4. The van der Waals surface area contributed by atoms with Crippen LogP contribution in [0, 0.1) is 5.82 Å². The Morgan fingerprint density at radius 2 is 1.89 bits per heavy atom. The van der Waals surface area contributed by atoms with Crippen LogP contribution in [0.15, 0.2) is 42.6 Å². The number of aryl methyl sites for hydroxylation is 1. The molecule has 0 N–H and O–H groups in total. The number of amides is 1. The summed E-state index contributed by atoms with van der Waals surface area (Å²) in [6.45, 7) is 6.15. The van der Waals surface area contributed by atoms with Crippen LogP contribution in [0.2, 0.25) is 0 Å². The molecule has 0 atom stereocenters. The average molecular weight is 382 g/mol. The summed E-state index contributed by atoms with van der Waals surface area (Å²) in [6, 6.07) is 8.73. The zero-order valence-electron chi connectivity index (χ0n) is 16.4. The third-order valence-electron chi connectivity index (χ3n) is 5.69. The van der Waals surface area contributed by atoms with Gasteiger partial charge in [0.05, 0.1) is 11.3 Å². The van der Waals surface area contributed by atoms with Crippen molar-refractivity contribution in [2.75, 3.05) is 50.7 Å². The molecule has 148 valence electrons. The summed E-state index contributed by atoms with van der Waals surface area (Å²) < 4.78 is 15.4. The fourth-order valence-electron chi connectivity index (χ4n) is 4.06. The van der Waals surface area contributed by atoms with Crippen molar-refractivity contribution in [3.05, 3.63) is 59.7 Å². The Hall–Kier alpha value is -2.60. The largest absolute Gasteiger partial charge is 0.369 e. The van der Waals surface area contributed by atoms with Crippen molar-refractivity contribution in [2.24, 2.45) is 7.05 Å². The van der Waals surface area contributed by atoms with Gasteiger partial charge < -0.3 is 14.4 Å². The molecular formula is C22H27FN4O. The van der Waals surface area contributed by atoms with E-state index in [0.717, 1.165) is 62.6 Å². The van der Waals surface area contributed by atoms with Gasteiger partial charge in [-0.2, -0.15) is 0 Å². The quantitative estimate of drug-likeness (QED) is 0.797. The Balaban J connectivity index is 1.25. The lowest BCUT2D eigenvalue weighted by atomic mass is 10.2. The molecule has 2 aliphatic rings. The molecule has 0 aliphatic carbocycles. The fraction of sp³-hybridized carbons (Fsp3) is 0.409. The minimum absolute atomic E-state index is 0.122. The number of piperazine rings is 1. The van der Waals surface area contributed by atoms with E-state index in [4.69, 9.17) is 0 Å². The third-order valence-corrected chi connectivity index (χ3v) is 5.69. The zero-order valence-corrected chi connectivity index (χ0v) is 16.4. The Kier molecular flexibility index (Phi) is 5.48. The number of fused-ring (bicyclic) bond motifs is 1. The standard InChI is InChI=1S/C22H27FN4O/c1-24-12-8-20-21(24)7-3-10-27(22(20)28)11-4-9-25-13-15-26(16-14-25)19-6-2-5-18(23)17-19/h2-3,5-8,12,17H,4,9-11,13-16H2,1H3. The van der Waals surface area contributed by atoms with Crippen molar-refractivity contribution >= 4 is 17.7 Å². The van der Waals surface area contributed by atoms with Gasteiger partial charge in [-0.05, 0) is 43.3 Å². The minimum atomic E-state index is -0.183. The van der Waals surface area contributed by atoms with Crippen LogP contribution in [-0.2, 0) is 7.05 Å². The highest BCUT2D eigenvalue weighted by Crippen LogP contribution is 2.19. The molecule has 0 unspecified atom stereocenters. The van der Waals surface area contributed by atoms with E-state index in [1.807, 2.05) is 40.9 Å². The van der Waals surface area contributed by atoms with Gasteiger partial charge in [-0.3, -0.25) is 9.69 Å². The third kappa shape index (κ3) is 3.97. The molecule has 5 nitrogen and oxygen atoms in total. The lowest BCUT2D eigenvalue weighted by Gasteiger charge is -2.36. The lowest BCUT2D eigenvalue weighted by Crippen LogP contribution is -2.47. The molecule has 1 fully saturated rings. The van der Waals surface area contributed by atoms with Crippen LogP contribution in [0.4, 0.5) is 10.1 Å². The van der Waals surface area contributed by atoms with Gasteiger partial charge in [0.25, 0.3) is 5.91 Å². The summed E-state index contributed by atoms with van der Waals surface area (Å²) in [5.74, 6) is -0.0609. The van der Waals surface area contributed by atoms with Crippen LogP contribution in [0.25, 0.3) is 6.08 Å². The molecule has 28 heavy (non-hydrogen) atoms. The molecule has 1 aromatic carbocycles. The molecule has 0 bridgehead atoms. The van der Waals surface area contributed by atoms with Gasteiger partial charge in [0.15, 0.2) is 0 Å². The molecule has 2 aromatic rings. The molecule has 6 heteroatoms. The van der Waals surface area contributed by atoms with Crippen molar-refractivity contribution in [2.45, 2.75) is 6.42 Å². The number of hydrogen-bond donors (Lipinski definition) is 0. The van der Waals surface area contributed by atoms with Gasteiger partial charge >= 0.3 is 0 Å². The molecule has 2 aliphatic heterocycles. The Labute approximate surface area is 165 Å². The number of hydrogen-bond acceptors (Lipinski definition) is 3. The second-order valence-electron chi connectivity index (χ2n) is 7.54. The SMILES string of the molecule is Cn1ccc2c1C=CCN(CCCN1CCN(c3cccc(F)c3)CC1)C2=O. The highest BCUT2D eigenvalue weighted by atomic mass is 19.1. The Morgan fingerprint density at radius 3 is 2.68 bits per heavy atom. The first-order chi connectivity index (χ1) is 13.6. The zero-order chi connectivity index (χ0) is 19.5. The van der Waals surface area contributed by atoms with Gasteiger partial charge in [-0.15, -0.1) is 0 Å². The summed E-state index contributed by atoms with van der Waals surface area (Å²) in [5, 5.41) is 0. The number of anilines is 1. The molecule has 0 saturated carbocycles. The Bertz CT molecular complexity index is 867. The topological polar surface area (TPSA) is 31.7 Å². The first-order valence-electron chi connectivity index (χ1n) is 9.96. The van der Waals surface area contributed by atoms with E-state index in [9.17, 15) is 9.18 Å². The van der Waals surface area contributed by atoms with E-state index in [1.165, 1.54) is 6.07 Å². The van der Waals surface area contributed by atoms with Gasteiger partial charge in [-0.1, -0.05) is 12.1 Å². The Morgan fingerprint density at radius 1 is 1.07 bits per heavy atom. The van der Waals surface area contributed by atoms with Crippen molar-refractivity contribution in [3.63, 3.8) is 0 Å². The second-order valence-corrected chi connectivity index (χ2v) is 7.54. The molecular weight excluding hydrogens is 355 g/mol. The predicted molar refractivity (Wildman–Crippen MR) is 110 cm³/mol. The number of aromatic nitrogens is 1. The number of nitrogens with zero attached hydrogens (tertiary/aromatic N) is 4. The molecule has 4 rings (SSSR count). The van der Waals surface area contributed by atoms with E-state index >= 15 is 0 Å². The van der Waals surface area contributed by atoms with Gasteiger partial charge in [0, 0.05) is 58.2 Å². The van der Waals surface area contributed by atoms with Crippen LogP contribution in [0.5, 0.6) is 0 Å². The number of halogens is 1. The van der Waals surface area contributed by atoms with Gasteiger partial charge in [0.1, 0.15) is 5.82 Å². The summed E-state index contributed by atoms with van der Waals surface area (Å²) >= 11 is 0. The van der Waals surface area contributed by atoms with Crippen molar-refractivity contribution < 1.29 is 9.18 Å². The number of benzene rings is 1. The fourth-order valence-corrected chi connectivity index (χ4v) is 4.06. The summed E-state index contributed by atoms with van der Waals surface area (Å²) in [7, 11) is 1.97. The molecule has 1 saturated heterocycles. The molecule has 0 spiro atoms. The predicted octanol–water partition coefficient (Wildman–Crippen LogP) is 2.85. The highest BCUT2D eigenvalue weighted by molar-refractivity contribution is 5.98. The first kappa shape index (κ1) is 18.7. The van der Waals surface area contributed by atoms with Crippen molar-refractivity contribution in [1.82, 2.24) is 14.4 Å². The summed E-state index contributed by atoms with van der Waals surface area (Å²) in [5.41, 5.74) is 2.74. The maximum Gasteiger partial charge on any atom is 0.256 e. The molecule has 1 amide bonds. The van der Waals surface area contributed by atoms with Crippen LogP contribution >= 0.6 is 0 Å².